The fraction of sp³-hybridized carbons (Fsp3) is 0.438. The molecule has 1 saturated heterocycles. The second-order valence-electron chi connectivity index (χ2n) is 11.8. The summed E-state index contributed by atoms with van der Waals surface area (Å²) in [6.07, 6.45) is 4.27. The number of hydrogen-bond donors (Lipinski definition) is 2. The number of nitrogens with zero attached hydrogens (tertiary/aromatic N) is 5. The zero-order valence-corrected chi connectivity index (χ0v) is 25.8. The molecule has 1 aromatic heterocycles. The molecule has 5 rings (SSSR count). The first-order valence-electron chi connectivity index (χ1n) is 14.6. The summed E-state index contributed by atoms with van der Waals surface area (Å²) >= 11 is 6.89. The van der Waals surface area contributed by atoms with E-state index < -0.39 is 17.3 Å². The molecule has 2 N–H and O–H groups in total. The third-order valence-corrected chi connectivity index (χ3v) is 8.53. The summed E-state index contributed by atoms with van der Waals surface area (Å²) in [6, 6.07) is 9.47. The lowest BCUT2D eigenvalue weighted by Gasteiger charge is -2.37. The fourth-order valence-corrected chi connectivity index (χ4v) is 6.37. The smallest absolute Gasteiger partial charge is 0.246 e. The number of aliphatic hydroxyl groups is 1. The van der Waals surface area contributed by atoms with E-state index in [1.54, 1.807) is 51.1 Å². The largest absolute Gasteiger partial charge is 0.390 e. The summed E-state index contributed by atoms with van der Waals surface area (Å²) in [5.41, 5.74) is 1.27. The molecule has 0 unspecified atom stereocenters. The van der Waals surface area contributed by atoms with E-state index in [1.807, 2.05) is 29.2 Å². The molecule has 0 bridgehead atoms. The molecule has 3 aromatic rings. The molecule has 2 heterocycles. The van der Waals surface area contributed by atoms with Crippen LogP contribution in [0.1, 0.15) is 49.3 Å². The number of anilines is 2. The van der Waals surface area contributed by atoms with Crippen molar-refractivity contribution in [3.8, 4) is 0 Å². The van der Waals surface area contributed by atoms with E-state index in [9.17, 15) is 14.7 Å². The molecule has 2 amide bonds. The number of rotatable bonds is 7. The summed E-state index contributed by atoms with van der Waals surface area (Å²) in [5.74, 6) is -0.426. The first-order chi connectivity index (χ1) is 20.5. The molecule has 9 nitrogen and oxygen atoms in total. The molecular weight excluding hydrogens is 571 g/mol. The number of amides is 2. The number of hydrogen-bond acceptors (Lipinski definition) is 7. The van der Waals surface area contributed by atoms with E-state index in [4.69, 9.17) is 16.6 Å². The van der Waals surface area contributed by atoms with Gasteiger partial charge in [0.15, 0.2) is 5.82 Å². The van der Waals surface area contributed by atoms with Gasteiger partial charge in [0.1, 0.15) is 11.3 Å². The number of piperazine rings is 1. The van der Waals surface area contributed by atoms with Crippen molar-refractivity contribution in [2.24, 2.45) is 0 Å². The molecule has 0 saturated carbocycles. The molecule has 11 heteroatoms. The van der Waals surface area contributed by atoms with E-state index in [0.717, 1.165) is 11.1 Å². The first-order valence-corrected chi connectivity index (χ1v) is 15.0. The van der Waals surface area contributed by atoms with Crippen LogP contribution in [-0.2, 0) is 16.0 Å². The molecule has 0 spiro atoms. The van der Waals surface area contributed by atoms with Crippen LogP contribution in [0.4, 0.5) is 16.2 Å². The van der Waals surface area contributed by atoms with Crippen LogP contribution in [-0.4, -0.2) is 89.1 Å². The van der Waals surface area contributed by atoms with Gasteiger partial charge in [0.2, 0.25) is 17.8 Å². The minimum atomic E-state index is -1.03. The van der Waals surface area contributed by atoms with Crippen LogP contribution in [0.15, 0.2) is 42.5 Å². The van der Waals surface area contributed by atoms with E-state index in [2.05, 4.69) is 10.3 Å². The first kappa shape index (κ1) is 30.7. The number of carbonyl (C=O) groups excluding carboxylic acids is 2. The van der Waals surface area contributed by atoms with Gasteiger partial charge in [-0.25, -0.2) is 9.37 Å². The molecule has 228 valence electrons. The van der Waals surface area contributed by atoms with Gasteiger partial charge in [-0.3, -0.25) is 9.59 Å². The lowest BCUT2D eigenvalue weighted by Crippen LogP contribution is -2.48. The normalized spacial score (nSPS) is 20.4. The van der Waals surface area contributed by atoms with Gasteiger partial charge >= 0.3 is 0 Å². The molecule has 2 aromatic carbocycles. The minimum Gasteiger partial charge on any atom is -0.390 e. The Hall–Kier alpha value is -3.76. The highest BCUT2D eigenvalue weighted by Gasteiger charge is 2.37. The number of allylic oxidation sites excluding steroid dienone is 1. The van der Waals surface area contributed by atoms with Crippen molar-refractivity contribution in [1.82, 2.24) is 19.8 Å². The van der Waals surface area contributed by atoms with Gasteiger partial charge in [-0.1, -0.05) is 41.9 Å². The average Bonchev–Trinajstić information content (AvgIpc) is 2.96. The highest BCUT2D eigenvalue weighted by Crippen LogP contribution is 2.46. The number of aromatic nitrogens is 2. The van der Waals surface area contributed by atoms with Gasteiger partial charge < -0.3 is 25.1 Å². The summed E-state index contributed by atoms with van der Waals surface area (Å²) in [5, 5.41) is 14.9. The van der Waals surface area contributed by atoms with Crippen molar-refractivity contribution in [1.29, 1.82) is 0 Å². The highest BCUT2D eigenvalue weighted by atomic mass is 35.5. The van der Waals surface area contributed by atoms with Crippen molar-refractivity contribution in [3.05, 3.63) is 70.0 Å². The fourth-order valence-electron chi connectivity index (χ4n) is 6.05. The Morgan fingerprint density at radius 1 is 1.21 bits per heavy atom. The summed E-state index contributed by atoms with van der Waals surface area (Å²) in [7, 11) is 3.38. The number of carbonyl (C=O) groups is 2. The lowest BCUT2D eigenvalue weighted by molar-refractivity contribution is -0.128. The second kappa shape index (κ2) is 12.5. The number of benzene rings is 2. The molecule has 0 radical (unpaired) electrons. The van der Waals surface area contributed by atoms with Gasteiger partial charge in [0.25, 0.3) is 0 Å². The summed E-state index contributed by atoms with van der Waals surface area (Å²) < 4.78 is 16.8. The van der Waals surface area contributed by atoms with Crippen LogP contribution >= 0.6 is 11.6 Å². The third kappa shape index (κ3) is 6.45. The Balaban J connectivity index is 1.58. The Morgan fingerprint density at radius 2 is 1.93 bits per heavy atom. The summed E-state index contributed by atoms with van der Waals surface area (Å²) in [6.45, 7) is 5.80. The SMILES string of the molecule is C/C=C/C(=O)N1CCN(c2nc(NCCC(=O)N(C)C)nc3c(F)c([C@H]4C[C@](C)(O)Cc5ccccc54)c(Cl)cc23)CC1. The van der Waals surface area contributed by atoms with Crippen molar-refractivity contribution in [3.63, 3.8) is 0 Å². The predicted octanol–water partition coefficient (Wildman–Crippen LogP) is 4.37. The monoisotopic (exact) mass is 608 g/mol. The van der Waals surface area contributed by atoms with Crippen molar-refractivity contribution in [2.45, 2.75) is 44.6 Å². The minimum absolute atomic E-state index is 0.0509. The Kier molecular flexibility index (Phi) is 8.89. The average molecular weight is 609 g/mol. The topological polar surface area (TPSA) is 102 Å². The highest BCUT2D eigenvalue weighted by molar-refractivity contribution is 6.32. The quantitative estimate of drug-likeness (QED) is 0.384. The molecule has 1 aliphatic heterocycles. The Bertz CT molecular complexity index is 1570. The standard InChI is InChI=1S/C32H38ClFN6O3/c1-5-8-26(42)39-13-15-40(16-14-39)30-22-17-24(33)27(23-19-32(2,43)18-20-9-6-7-10-21(20)23)28(34)29(22)36-31(37-30)35-12-11-25(41)38(3)4/h5-10,17,23,43H,11-16,18-19H2,1-4H3,(H,35,36,37)/b8-5+/t23-,32+/m0/s1. The number of fused-ring (bicyclic) bond motifs is 2. The van der Waals surface area contributed by atoms with E-state index >= 15 is 4.39 Å². The van der Waals surface area contributed by atoms with Crippen LogP contribution in [0.5, 0.6) is 0 Å². The number of halogens is 2. The van der Waals surface area contributed by atoms with Gasteiger partial charge in [-0.15, -0.1) is 0 Å². The van der Waals surface area contributed by atoms with Crippen LogP contribution < -0.4 is 10.2 Å². The lowest BCUT2D eigenvalue weighted by atomic mass is 9.72. The molecule has 1 fully saturated rings. The summed E-state index contributed by atoms with van der Waals surface area (Å²) in [4.78, 5) is 39.2. The maximum absolute atomic E-state index is 16.8. The number of nitrogens with one attached hydrogen (secondary N) is 1. The second-order valence-corrected chi connectivity index (χ2v) is 12.2. The molecule has 2 atom stereocenters. The zero-order chi connectivity index (χ0) is 30.9. The van der Waals surface area contributed by atoms with Gasteiger partial charge in [0, 0.05) is 81.6 Å². The van der Waals surface area contributed by atoms with E-state index in [1.165, 1.54) is 4.90 Å². The predicted molar refractivity (Wildman–Crippen MR) is 167 cm³/mol. The Morgan fingerprint density at radius 3 is 2.63 bits per heavy atom. The Labute approximate surface area is 256 Å². The van der Waals surface area contributed by atoms with Crippen LogP contribution in [0.3, 0.4) is 0 Å². The van der Waals surface area contributed by atoms with Crippen molar-refractivity contribution in [2.75, 3.05) is 57.0 Å². The van der Waals surface area contributed by atoms with Crippen molar-refractivity contribution < 1.29 is 19.1 Å². The van der Waals surface area contributed by atoms with Crippen molar-refractivity contribution >= 4 is 46.1 Å². The molecule has 1 aliphatic carbocycles. The molecule has 43 heavy (non-hydrogen) atoms. The molecular formula is C32H38ClFN6O3. The van der Waals surface area contributed by atoms with Crippen LogP contribution in [0, 0.1) is 5.82 Å². The zero-order valence-electron chi connectivity index (χ0n) is 25.0. The third-order valence-electron chi connectivity index (χ3n) is 8.21. The van der Waals surface area contributed by atoms with E-state index in [0.29, 0.717) is 55.8 Å². The maximum Gasteiger partial charge on any atom is 0.246 e. The van der Waals surface area contributed by atoms with E-state index in [-0.39, 0.29) is 41.3 Å². The van der Waals surface area contributed by atoms with Crippen LogP contribution in [0.2, 0.25) is 5.02 Å². The maximum atomic E-state index is 16.8. The van der Waals surface area contributed by atoms with Crippen LogP contribution in [0.25, 0.3) is 10.9 Å². The van der Waals surface area contributed by atoms with Gasteiger partial charge in [-0.05, 0) is 43.5 Å². The van der Waals surface area contributed by atoms with Gasteiger partial charge in [-0.2, -0.15) is 4.98 Å². The van der Waals surface area contributed by atoms with Gasteiger partial charge in [0.05, 0.1) is 5.60 Å². The molecule has 2 aliphatic rings.